The molecule has 1 N–H and O–H groups in total. The Morgan fingerprint density at radius 2 is 1.84 bits per heavy atom. The number of ether oxygens (including phenoxy) is 2. The highest BCUT2D eigenvalue weighted by Crippen LogP contribution is 2.24. The first kappa shape index (κ1) is 20.2. The Hall–Kier alpha value is -4.07. The largest absolute Gasteiger partial charge is 0.497 e. The molecule has 0 unspecified atom stereocenters. The van der Waals surface area contributed by atoms with Gasteiger partial charge in [0.25, 0.3) is 0 Å². The number of nitrogens with zero attached hydrogens (tertiary/aromatic N) is 3. The summed E-state index contributed by atoms with van der Waals surface area (Å²) in [5, 5.41) is 2.85. The van der Waals surface area contributed by atoms with Gasteiger partial charge in [0.05, 0.1) is 25.4 Å². The molecule has 2 aromatic heterocycles. The maximum absolute atomic E-state index is 13.1. The number of benzene rings is 2. The molecular formula is C23H22N4O4. The molecule has 0 saturated carbocycles. The van der Waals surface area contributed by atoms with E-state index in [1.807, 2.05) is 36.4 Å². The van der Waals surface area contributed by atoms with Crippen molar-refractivity contribution >= 4 is 17.1 Å². The predicted octanol–water partition coefficient (Wildman–Crippen LogP) is 2.52. The van der Waals surface area contributed by atoms with Gasteiger partial charge in [0.15, 0.2) is 5.65 Å². The smallest absolute Gasteiger partial charge is 0.335 e. The second-order valence-corrected chi connectivity index (χ2v) is 6.84. The molecule has 158 valence electrons. The van der Waals surface area contributed by atoms with Crippen molar-refractivity contribution in [1.82, 2.24) is 19.4 Å². The Balaban J connectivity index is 1.59. The number of rotatable bonds is 7. The fraction of sp³-hybridized carbons (Fsp3) is 0.174. The maximum Gasteiger partial charge on any atom is 0.335 e. The molecule has 1 amide bonds. The number of fused-ring (bicyclic) bond motifs is 1. The van der Waals surface area contributed by atoms with Crippen molar-refractivity contribution in [1.29, 1.82) is 0 Å². The Bertz CT molecular complexity index is 1280. The van der Waals surface area contributed by atoms with E-state index in [-0.39, 0.29) is 24.7 Å². The number of aromatic nitrogens is 3. The minimum absolute atomic E-state index is 0.126. The van der Waals surface area contributed by atoms with Crippen LogP contribution in [0.3, 0.4) is 0 Å². The molecule has 4 rings (SSSR count). The SMILES string of the molecule is COc1ccc(CNC(=O)Cn2c(=O)n(-c3ccccc3)c3ncccc32)c(OC)c1. The molecule has 0 spiro atoms. The minimum Gasteiger partial charge on any atom is -0.497 e. The third-order valence-corrected chi connectivity index (χ3v) is 4.98. The molecule has 31 heavy (non-hydrogen) atoms. The lowest BCUT2D eigenvalue weighted by molar-refractivity contribution is -0.121. The van der Waals surface area contributed by atoms with Gasteiger partial charge < -0.3 is 14.8 Å². The van der Waals surface area contributed by atoms with Crippen LogP contribution in [0.15, 0.2) is 71.7 Å². The summed E-state index contributed by atoms with van der Waals surface area (Å²) in [4.78, 5) is 30.2. The first-order chi connectivity index (χ1) is 15.1. The summed E-state index contributed by atoms with van der Waals surface area (Å²) in [5.74, 6) is 0.984. The zero-order valence-electron chi connectivity index (χ0n) is 17.2. The van der Waals surface area contributed by atoms with Crippen LogP contribution >= 0.6 is 0 Å². The van der Waals surface area contributed by atoms with Gasteiger partial charge in [-0.2, -0.15) is 0 Å². The predicted molar refractivity (Wildman–Crippen MR) is 117 cm³/mol. The number of carbonyl (C=O) groups excluding carboxylic acids is 1. The van der Waals surface area contributed by atoms with E-state index in [0.29, 0.717) is 28.4 Å². The van der Waals surface area contributed by atoms with Crippen molar-refractivity contribution in [3.63, 3.8) is 0 Å². The van der Waals surface area contributed by atoms with Gasteiger partial charge in [-0.25, -0.2) is 14.3 Å². The first-order valence-electron chi connectivity index (χ1n) is 9.71. The number of carbonyl (C=O) groups is 1. The molecule has 0 saturated heterocycles. The molecule has 0 atom stereocenters. The Morgan fingerprint density at radius 3 is 2.58 bits per heavy atom. The van der Waals surface area contributed by atoms with Crippen molar-refractivity contribution in [2.75, 3.05) is 14.2 Å². The van der Waals surface area contributed by atoms with Crippen LogP contribution in [0.2, 0.25) is 0 Å². The van der Waals surface area contributed by atoms with Gasteiger partial charge >= 0.3 is 5.69 Å². The third-order valence-electron chi connectivity index (χ3n) is 4.98. The topological polar surface area (TPSA) is 87.4 Å². The van der Waals surface area contributed by atoms with Crippen LogP contribution in [0.5, 0.6) is 11.5 Å². The van der Waals surface area contributed by atoms with E-state index in [1.165, 1.54) is 9.13 Å². The first-order valence-corrected chi connectivity index (χ1v) is 9.71. The number of hydrogen-bond acceptors (Lipinski definition) is 5. The minimum atomic E-state index is -0.322. The van der Waals surface area contributed by atoms with E-state index in [9.17, 15) is 9.59 Å². The molecule has 0 radical (unpaired) electrons. The lowest BCUT2D eigenvalue weighted by atomic mass is 10.2. The monoisotopic (exact) mass is 418 g/mol. The molecule has 2 aromatic carbocycles. The Morgan fingerprint density at radius 1 is 1.03 bits per heavy atom. The average molecular weight is 418 g/mol. The van der Waals surface area contributed by atoms with Crippen LogP contribution in [0.4, 0.5) is 0 Å². The zero-order valence-corrected chi connectivity index (χ0v) is 17.2. The van der Waals surface area contributed by atoms with Crippen molar-refractivity contribution in [2.24, 2.45) is 0 Å². The summed E-state index contributed by atoms with van der Waals surface area (Å²) < 4.78 is 13.5. The van der Waals surface area contributed by atoms with E-state index in [4.69, 9.17) is 9.47 Å². The molecule has 0 fully saturated rings. The van der Waals surface area contributed by atoms with Crippen LogP contribution in [-0.2, 0) is 17.9 Å². The fourth-order valence-electron chi connectivity index (χ4n) is 3.44. The lowest BCUT2D eigenvalue weighted by Crippen LogP contribution is -2.32. The van der Waals surface area contributed by atoms with Gasteiger partial charge in [0.2, 0.25) is 5.91 Å². The summed E-state index contributed by atoms with van der Waals surface area (Å²) in [5.41, 5.74) is 2.27. The summed E-state index contributed by atoms with van der Waals surface area (Å²) >= 11 is 0. The number of pyridine rings is 1. The Labute approximate surface area is 178 Å². The number of imidazole rings is 1. The summed E-state index contributed by atoms with van der Waals surface area (Å²) in [6, 6.07) is 18.1. The second kappa shape index (κ2) is 8.74. The van der Waals surface area contributed by atoms with Crippen LogP contribution in [0.1, 0.15) is 5.56 Å². The summed E-state index contributed by atoms with van der Waals surface area (Å²) in [6.07, 6.45) is 1.63. The molecule has 8 nitrogen and oxygen atoms in total. The molecule has 8 heteroatoms. The number of methoxy groups -OCH3 is 2. The highest BCUT2D eigenvalue weighted by molar-refractivity contribution is 5.80. The molecule has 2 heterocycles. The van der Waals surface area contributed by atoms with E-state index >= 15 is 0 Å². The van der Waals surface area contributed by atoms with E-state index in [1.54, 1.807) is 44.7 Å². The maximum atomic E-state index is 13.1. The van der Waals surface area contributed by atoms with Gasteiger partial charge in [0, 0.05) is 24.4 Å². The third kappa shape index (κ3) is 4.00. The fourth-order valence-corrected chi connectivity index (χ4v) is 3.44. The van der Waals surface area contributed by atoms with Crippen molar-refractivity contribution in [3.05, 3.63) is 82.9 Å². The standard InChI is InChI=1S/C23H22N4O4/c1-30-18-11-10-16(20(13-18)31-2)14-25-21(28)15-26-19-9-6-12-24-22(19)27(23(26)29)17-7-4-3-5-8-17/h3-13H,14-15H2,1-2H3,(H,25,28). The van der Waals surface area contributed by atoms with Gasteiger partial charge in [-0.3, -0.25) is 9.36 Å². The van der Waals surface area contributed by atoms with Crippen molar-refractivity contribution in [2.45, 2.75) is 13.1 Å². The molecule has 0 bridgehead atoms. The van der Waals surface area contributed by atoms with Crippen LogP contribution in [0.25, 0.3) is 16.9 Å². The average Bonchev–Trinajstić information content (AvgIpc) is 3.09. The van der Waals surface area contributed by atoms with Gasteiger partial charge in [-0.15, -0.1) is 0 Å². The van der Waals surface area contributed by atoms with E-state index in [0.717, 1.165) is 5.56 Å². The van der Waals surface area contributed by atoms with Crippen LogP contribution in [0, 0.1) is 0 Å². The number of para-hydroxylation sites is 1. The molecule has 0 aliphatic rings. The van der Waals surface area contributed by atoms with E-state index < -0.39 is 0 Å². The van der Waals surface area contributed by atoms with Crippen molar-refractivity contribution < 1.29 is 14.3 Å². The summed E-state index contributed by atoms with van der Waals surface area (Å²) in [7, 11) is 3.14. The molecule has 4 aromatic rings. The van der Waals surface area contributed by atoms with Crippen molar-refractivity contribution in [3.8, 4) is 17.2 Å². The second-order valence-electron chi connectivity index (χ2n) is 6.84. The molecule has 0 aliphatic heterocycles. The molecular weight excluding hydrogens is 396 g/mol. The van der Waals surface area contributed by atoms with Gasteiger partial charge in [0.1, 0.15) is 18.0 Å². The quantitative estimate of drug-likeness (QED) is 0.498. The highest BCUT2D eigenvalue weighted by atomic mass is 16.5. The number of nitrogens with one attached hydrogen (secondary N) is 1. The number of hydrogen-bond donors (Lipinski definition) is 1. The summed E-state index contributed by atoms with van der Waals surface area (Å²) in [6.45, 7) is 0.135. The van der Waals surface area contributed by atoms with Gasteiger partial charge in [-0.1, -0.05) is 18.2 Å². The van der Waals surface area contributed by atoms with Crippen LogP contribution in [-0.4, -0.2) is 34.2 Å². The highest BCUT2D eigenvalue weighted by Gasteiger charge is 2.17. The normalized spacial score (nSPS) is 10.8. The van der Waals surface area contributed by atoms with Gasteiger partial charge in [-0.05, 0) is 36.4 Å². The molecule has 0 aliphatic carbocycles. The lowest BCUT2D eigenvalue weighted by Gasteiger charge is -2.11. The van der Waals surface area contributed by atoms with Crippen LogP contribution < -0.4 is 20.5 Å². The zero-order chi connectivity index (χ0) is 21.8. The Kier molecular flexibility index (Phi) is 5.70. The van der Waals surface area contributed by atoms with E-state index in [2.05, 4.69) is 10.3 Å². The number of amides is 1.